The lowest BCUT2D eigenvalue weighted by Gasteiger charge is -2.36. The molecule has 8 heteroatoms. The first-order chi connectivity index (χ1) is 15.4. The lowest BCUT2D eigenvalue weighted by Crippen LogP contribution is -2.49. The van der Waals surface area contributed by atoms with Gasteiger partial charge < -0.3 is 24.6 Å². The normalized spacial score (nSPS) is 14.6. The Morgan fingerprint density at radius 3 is 2.31 bits per heavy atom. The second-order valence-electron chi connectivity index (χ2n) is 7.97. The Bertz CT molecular complexity index is 927. The number of amides is 2. The fourth-order valence-electron chi connectivity index (χ4n) is 3.78. The van der Waals surface area contributed by atoms with E-state index in [9.17, 15) is 14.0 Å². The van der Waals surface area contributed by atoms with Crippen LogP contribution in [0.4, 0.5) is 15.8 Å². The minimum absolute atomic E-state index is 0.0473. The number of hydrogen-bond acceptors (Lipinski definition) is 5. The third-order valence-electron chi connectivity index (χ3n) is 5.56. The van der Waals surface area contributed by atoms with Crippen LogP contribution in [0.3, 0.4) is 0 Å². The van der Waals surface area contributed by atoms with Gasteiger partial charge in [-0.05, 0) is 42.3 Å². The highest BCUT2D eigenvalue weighted by Gasteiger charge is 2.23. The zero-order chi connectivity index (χ0) is 23.1. The Balaban J connectivity index is 1.45. The van der Waals surface area contributed by atoms with Crippen LogP contribution < -0.4 is 19.7 Å². The number of ether oxygens (including phenoxy) is 2. The second kappa shape index (κ2) is 10.8. The van der Waals surface area contributed by atoms with Gasteiger partial charge in [-0.3, -0.25) is 9.59 Å². The van der Waals surface area contributed by atoms with E-state index in [1.807, 2.05) is 11.8 Å². The molecule has 1 fully saturated rings. The van der Waals surface area contributed by atoms with E-state index in [1.54, 1.807) is 37.4 Å². The average Bonchev–Trinajstić information content (AvgIpc) is 2.79. The van der Waals surface area contributed by atoms with Crippen LogP contribution in [-0.2, 0) is 9.59 Å². The number of carbonyl (C=O) groups is 2. The number of hydrogen-bond donors (Lipinski definition) is 1. The van der Waals surface area contributed by atoms with Gasteiger partial charge in [0.15, 0.2) is 0 Å². The number of halogens is 1. The Hall–Kier alpha value is -3.29. The molecule has 0 spiro atoms. The lowest BCUT2D eigenvalue weighted by atomic mass is 10.0. The third-order valence-corrected chi connectivity index (χ3v) is 5.56. The van der Waals surface area contributed by atoms with E-state index >= 15 is 0 Å². The van der Waals surface area contributed by atoms with Gasteiger partial charge in [-0.1, -0.05) is 6.92 Å². The van der Waals surface area contributed by atoms with Crippen molar-refractivity contribution in [2.24, 2.45) is 5.92 Å². The van der Waals surface area contributed by atoms with Gasteiger partial charge in [-0.2, -0.15) is 0 Å². The summed E-state index contributed by atoms with van der Waals surface area (Å²) in [6.45, 7) is 4.51. The van der Waals surface area contributed by atoms with Gasteiger partial charge in [0.1, 0.15) is 17.3 Å². The molecule has 1 atom stereocenters. The van der Waals surface area contributed by atoms with E-state index < -0.39 is 0 Å². The molecule has 0 aliphatic carbocycles. The van der Waals surface area contributed by atoms with E-state index in [1.165, 1.54) is 19.2 Å². The van der Waals surface area contributed by atoms with Crippen molar-refractivity contribution in [1.29, 1.82) is 0 Å². The molecule has 3 rings (SSSR count). The summed E-state index contributed by atoms with van der Waals surface area (Å²) in [5, 5.41) is 2.85. The van der Waals surface area contributed by atoms with E-state index in [4.69, 9.17) is 9.47 Å². The third kappa shape index (κ3) is 6.12. The quantitative estimate of drug-likeness (QED) is 0.676. The van der Waals surface area contributed by atoms with Crippen molar-refractivity contribution >= 4 is 23.2 Å². The highest BCUT2D eigenvalue weighted by Crippen LogP contribution is 2.29. The van der Waals surface area contributed by atoms with Crippen molar-refractivity contribution < 1.29 is 23.5 Å². The number of benzene rings is 2. The van der Waals surface area contributed by atoms with Crippen LogP contribution in [-0.4, -0.2) is 57.1 Å². The van der Waals surface area contributed by atoms with Gasteiger partial charge >= 0.3 is 0 Å². The maximum atomic E-state index is 13.1. The molecule has 0 unspecified atom stereocenters. The standard InChI is InChI=1S/C24H30FN3O4/c1-17(14-23(29)26-21-9-8-20(31-2)16-22(21)32-3)15-24(30)28-12-10-27(11-13-28)19-6-4-18(25)5-7-19/h4-9,16-17H,10-15H2,1-3H3,(H,26,29)/t17-/m0/s1. The first-order valence-corrected chi connectivity index (χ1v) is 10.7. The highest BCUT2D eigenvalue weighted by molar-refractivity contribution is 5.93. The maximum Gasteiger partial charge on any atom is 0.224 e. The highest BCUT2D eigenvalue weighted by atomic mass is 19.1. The van der Waals surface area contributed by atoms with E-state index in [2.05, 4.69) is 10.2 Å². The van der Waals surface area contributed by atoms with Crippen LogP contribution in [0.1, 0.15) is 19.8 Å². The molecule has 1 heterocycles. The summed E-state index contributed by atoms with van der Waals surface area (Å²) in [6, 6.07) is 11.6. The van der Waals surface area contributed by atoms with Crippen molar-refractivity contribution in [1.82, 2.24) is 4.90 Å². The molecular weight excluding hydrogens is 413 g/mol. The van der Waals surface area contributed by atoms with Crippen LogP contribution in [0.15, 0.2) is 42.5 Å². The van der Waals surface area contributed by atoms with Crippen LogP contribution >= 0.6 is 0 Å². The minimum Gasteiger partial charge on any atom is -0.497 e. The molecular formula is C24H30FN3O4. The number of carbonyl (C=O) groups excluding carboxylic acids is 2. The zero-order valence-corrected chi connectivity index (χ0v) is 18.8. The number of rotatable bonds is 8. The molecule has 0 bridgehead atoms. The molecule has 1 N–H and O–H groups in total. The Morgan fingerprint density at radius 2 is 1.69 bits per heavy atom. The summed E-state index contributed by atoms with van der Waals surface area (Å²) < 4.78 is 23.6. The fraction of sp³-hybridized carbons (Fsp3) is 0.417. The molecule has 2 amide bonds. The van der Waals surface area contributed by atoms with Crippen LogP contribution in [0, 0.1) is 11.7 Å². The largest absolute Gasteiger partial charge is 0.497 e. The summed E-state index contributed by atoms with van der Waals surface area (Å²) in [6.07, 6.45) is 0.542. The molecule has 0 saturated carbocycles. The molecule has 0 aromatic heterocycles. The Labute approximate surface area is 188 Å². The van der Waals surface area contributed by atoms with Crippen molar-refractivity contribution in [3.05, 3.63) is 48.3 Å². The summed E-state index contributed by atoms with van der Waals surface area (Å²) in [4.78, 5) is 29.1. The molecule has 2 aromatic carbocycles. The van der Waals surface area contributed by atoms with Gasteiger partial charge in [0.05, 0.1) is 19.9 Å². The number of nitrogens with zero attached hydrogens (tertiary/aromatic N) is 2. The molecule has 1 aliphatic rings. The van der Waals surface area contributed by atoms with Gasteiger partial charge in [0, 0.05) is 50.8 Å². The zero-order valence-electron chi connectivity index (χ0n) is 18.8. The maximum absolute atomic E-state index is 13.1. The first-order valence-electron chi connectivity index (χ1n) is 10.7. The smallest absolute Gasteiger partial charge is 0.224 e. The average molecular weight is 444 g/mol. The van der Waals surface area contributed by atoms with Crippen LogP contribution in [0.25, 0.3) is 0 Å². The predicted octanol–water partition coefficient (Wildman–Crippen LogP) is 3.55. The van der Waals surface area contributed by atoms with Gasteiger partial charge in [0.25, 0.3) is 0 Å². The topological polar surface area (TPSA) is 71.1 Å². The monoisotopic (exact) mass is 443 g/mol. The minimum atomic E-state index is -0.258. The molecule has 7 nitrogen and oxygen atoms in total. The molecule has 172 valence electrons. The predicted molar refractivity (Wildman–Crippen MR) is 122 cm³/mol. The summed E-state index contributed by atoms with van der Waals surface area (Å²) in [5.74, 6) is 0.674. The van der Waals surface area contributed by atoms with Crippen LogP contribution in [0.2, 0.25) is 0 Å². The summed E-state index contributed by atoms with van der Waals surface area (Å²) in [7, 11) is 3.09. The summed E-state index contributed by atoms with van der Waals surface area (Å²) >= 11 is 0. The van der Waals surface area contributed by atoms with Gasteiger partial charge in [-0.15, -0.1) is 0 Å². The molecule has 32 heavy (non-hydrogen) atoms. The number of nitrogens with one attached hydrogen (secondary N) is 1. The lowest BCUT2D eigenvalue weighted by molar-refractivity contribution is -0.132. The number of piperazine rings is 1. The number of methoxy groups -OCH3 is 2. The van der Waals surface area contributed by atoms with Crippen molar-refractivity contribution in [3.8, 4) is 11.5 Å². The molecule has 0 radical (unpaired) electrons. The van der Waals surface area contributed by atoms with E-state index in [0.717, 1.165) is 5.69 Å². The van der Waals surface area contributed by atoms with Crippen molar-refractivity contribution in [3.63, 3.8) is 0 Å². The van der Waals surface area contributed by atoms with Gasteiger partial charge in [0.2, 0.25) is 11.8 Å². The fourth-order valence-corrected chi connectivity index (χ4v) is 3.78. The first kappa shape index (κ1) is 23.4. The second-order valence-corrected chi connectivity index (χ2v) is 7.97. The van der Waals surface area contributed by atoms with Crippen LogP contribution in [0.5, 0.6) is 11.5 Å². The SMILES string of the molecule is COc1ccc(NC(=O)C[C@H](C)CC(=O)N2CCN(c3ccc(F)cc3)CC2)c(OC)c1. The van der Waals surface area contributed by atoms with E-state index in [0.29, 0.717) is 49.8 Å². The van der Waals surface area contributed by atoms with Gasteiger partial charge in [-0.25, -0.2) is 4.39 Å². The van der Waals surface area contributed by atoms with Crippen molar-refractivity contribution in [2.45, 2.75) is 19.8 Å². The molecule has 2 aromatic rings. The Kier molecular flexibility index (Phi) is 7.92. The Morgan fingerprint density at radius 1 is 1.00 bits per heavy atom. The number of anilines is 2. The molecule has 1 saturated heterocycles. The summed E-state index contributed by atoms with van der Waals surface area (Å²) in [5.41, 5.74) is 1.52. The van der Waals surface area contributed by atoms with E-state index in [-0.39, 0.29) is 30.0 Å². The van der Waals surface area contributed by atoms with Crippen molar-refractivity contribution in [2.75, 3.05) is 50.6 Å². The molecule has 1 aliphatic heterocycles.